The number of likely N-dealkylation sites (tertiary alicyclic amines) is 1. The number of ether oxygens (including phenoxy) is 2. The molecule has 2 heterocycles. The fourth-order valence-corrected chi connectivity index (χ4v) is 5.70. The van der Waals surface area contributed by atoms with Crippen molar-refractivity contribution in [1.82, 2.24) is 15.7 Å². The van der Waals surface area contributed by atoms with Gasteiger partial charge in [-0.05, 0) is 48.9 Å². The smallest absolute Gasteiger partial charge is 0.243 e. The highest BCUT2D eigenvalue weighted by Gasteiger charge is 2.35. The minimum Gasteiger partial charge on any atom is -0.395 e. The third kappa shape index (κ3) is 9.58. The van der Waals surface area contributed by atoms with Crippen LogP contribution in [0.15, 0.2) is 48.5 Å². The zero-order valence-corrected chi connectivity index (χ0v) is 24.2. The minimum absolute atomic E-state index is 0.00211. The third-order valence-electron chi connectivity index (χ3n) is 8.19. The summed E-state index contributed by atoms with van der Waals surface area (Å²) in [6.07, 6.45) is 5.86. The first kappa shape index (κ1) is 32.1. The van der Waals surface area contributed by atoms with Crippen molar-refractivity contribution >= 4 is 11.8 Å². The predicted molar refractivity (Wildman–Crippen MR) is 156 cm³/mol. The maximum Gasteiger partial charge on any atom is 0.243 e. The van der Waals surface area contributed by atoms with E-state index >= 15 is 0 Å². The Morgan fingerprint density at radius 3 is 2.19 bits per heavy atom. The van der Waals surface area contributed by atoms with E-state index in [4.69, 9.17) is 14.7 Å². The van der Waals surface area contributed by atoms with Crippen molar-refractivity contribution < 1.29 is 34.5 Å². The molecule has 0 unspecified atom stereocenters. The Labute approximate surface area is 248 Å². The van der Waals surface area contributed by atoms with Crippen molar-refractivity contribution in [3.63, 3.8) is 0 Å². The molecule has 2 aromatic carbocycles. The van der Waals surface area contributed by atoms with Crippen LogP contribution >= 0.6 is 0 Å². The van der Waals surface area contributed by atoms with Gasteiger partial charge in [0.2, 0.25) is 11.8 Å². The molecule has 230 valence electrons. The molecule has 0 aliphatic carbocycles. The molecule has 0 aromatic heterocycles. The molecule has 0 radical (unpaired) electrons. The first-order valence-electron chi connectivity index (χ1n) is 15.1. The number of hydroxylamine groups is 1. The molecule has 42 heavy (non-hydrogen) atoms. The van der Waals surface area contributed by atoms with E-state index in [2.05, 4.69) is 10.2 Å². The van der Waals surface area contributed by atoms with E-state index < -0.39 is 6.29 Å². The Morgan fingerprint density at radius 2 is 1.52 bits per heavy atom. The number of aliphatic hydroxyl groups is 2. The van der Waals surface area contributed by atoms with Crippen LogP contribution in [0.2, 0.25) is 0 Å². The lowest BCUT2D eigenvalue weighted by atomic mass is 9.99. The topological polar surface area (TPSA) is 141 Å². The number of nitrogens with zero attached hydrogens (tertiary/aromatic N) is 1. The Kier molecular flexibility index (Phi) is 12.7. The van der Waals surface area contributed by atoms with Gasteiger partial charge in [-0.1, -0.05) is 61.4 Å². The highest BCUT2D eigenvalue weighted by atomic mass is 16.7. The van der Waals surface area contributed by atoms with Crippen LogP contribution in [-0.2, 0) is 32.2 Å². The van der Waals surface area contributed by atoms with Gasteiger partial charge in [-0.2, -0.15) is 0 Å². The highest BCUT2D eigenvalue weighted by molar-refractivity contribution is 5.75. The second-order valence-corrected chi connectivity index (χ2v) is 11.3. The molecule has 2 aliphatic heterocycles. The van der Waals surface area contributed by atoms with Gasteiger partial charge >= 0.3 is 0 Å². The molecular weight excluding hydrogens is 538 g/mol. The first-order chi connectivity index (χ1) is 20.5. The van der Waals surface area contributed by atoms with Crippen LogP contribution in [0.3, 0.4) is 0 Å². The van der Waals surface area contributed by atoms with Crippen molar-refractivity contribution in [2.24, 2.45) is 0 Å². The fraction of sp³-hybridized carbons (Fsp3) is 0.562. The van der Waals surface area contributed by atoms with Gasteiger partial charge in [0.1, 0.15) is 0 Å². The lowest BCUT2D eigenvalue weighted by Gasteiger charge is -2.38. The van der Waals surface area contributed by atoms with E-state index in [9.17, 15) is 19.8 Å². The average molecular weight is 584 g/mol. The van der Waals surface area contributed by atoms with Crippen LogP contribution in [0.1, 0.15) is 92.4 Å². The maximum absolute atomic E-state index is 12.3. The molecule has 2 saturated heterocycles. The van der Waals surface area contributed by atoms with Crippen LogP contribution in [0.25, 0.3) is 0 Å². The number of nitrogens with one attached hydrogen (secondary N) is 2. The molecule has 0 spiro atoms. The monoisotopic (exact) mass is 583 g/mol. The number of carbonyl (C=O) groups is 2. The normalized spacial score (nSPS) is 22.6. The molecule has 4 rings (SSSR count). The average Bonchev–Trinajstić information content (AvgIpc) is 3.48. The van der Waals surface area contributed by atoms with Crippen LogP contribution < -0.4 is 10.8 Å². The number of rotatable bonds is 15. The fourth-order valence-electron chi connectivity index (χ4n) is 5.70. The first-order valence-corrected chi connectivity index (χ1v) is 15.1. The number of carbonyl (C=O) groups excluding carboxylic acids is 2. The summed E-state index contributed by atoms with van der Waals surface area (Å²) in [5, 5.41) is 30.7. The van der Waals surface area contributed by atoms with Crippen molar-refractivity contribution in [2.75, 3.05) is 19.7 Å². The zero-order valence-electron chi connectivity index (χ0n) is 24.2. The SMILES string of the molecule is O=C(CCCCCCC(=O)NCc1ccc([C@H]2O[C@@H](CN3CCC[C@H]3CO)C[C@@H](c3ccc(CO)cc3)O2)cc1)NO. The van der Waals surface area contributed by atoms with E-state index in [1.54, 1.807) is 5.48 Å². The van der Waals surface area contributed by atoms with Gasteiger partial charge in [-0.3, -0.25) is 19.7 Å². The summed E-state index contributed by atoms with van der Waals surface area (Å²) in [4.78, 5) is 25.6. The van der Waals surface area contributed by atoms with Crippen LogP contribution in [-0.4, -0.2) is 64.0 Å². The molecule has 5 N–H and O–H groups in total. The Hall–Kier alpha value is -2.86. The van der Waals surface area contributed by atoms with Crippen molar-refractivity contribution in [3.8, 4) is 0 Å². The van der Waals surface area contributed by atoms with E-state index in [1.807, 2.05) is 48.5 Å². The molecule has 10 nitrogen and oxygen atoms in total. The van der Waals surface area contributed by atoms with Gasteiger partial charge in [0.25, 0.3) is 0 Å². The lowest BCUT2D eigenvalue weighted by molar-refractivity contribution is -0.253. The maximum atomic E-state index is 12.3. The Balaban J connectivity index is 1.30. The number of benzene rings is 2. The minimum atomic E-state index is -0.548. The van der Waals surface area contributed by atoms with E-state index in [0.717, 1.165) is 67.4 Å². The van der Waals surface area contributed by atoms with Crippen molar-refractivity contribution in [1.29, 1.82) is 0 Å². The molecule has 2 aliphatic rings. The third-order valence-corrected chi connectivity index (χ3v) is 8.19. The predicted octanol–water partition coefficient (Wildman–Crippen LogP) is 3.64. The van der Waals surface area contributed by atoms with E-state index in [0.29, 0.717) is 25.8 Å². The molecular formula is C32H45N3O7. The summed E-state index contributed by atoms with van der Waals surface area (Å²) in [7, 11) is 0. The van der Waals surface area contributed by atoms with Crippen molar-refractivity contribution in [3.05, 3.63) is 70.8 Å². The second-order valence-electron chi connectivity index (χ2n) is 11.3. The molecule has 2 amide bonds. The summed E-state index contributed by atoms with van der Waals surface area (Å²) in [6.45, 7) is 2.27. The molecule has 0 bridgehead atoms. The van der Waals surface area contributed by atoms with Crippen LogP contribution in [0.4, 0.5) is 0 Å². The number of amides is 2. The van der Waals surface area contributed by atoms with E-state index in [1.165, 1.54) is 0 Å². The summed E-state index contributed by atoms with van der Waals surface area (Å²) < 4.78 is 12.9. The summed E-state index contributed by atoms with van der Waals surface area (Å²) in [5.41, 5.74) is 5.41. The second kappa shape index (κ2) is 16.7. The molecule has 4 atom stereocenters. The number of unbranched alkanes of at least 4 members (excludes halogenated alkanes) is 3. The summed E-state index contributed by atoms with van der Waals surface area (Å²) in [5.74, 6) is -0.390. The van der Waals surface area contributed by atoms with Crippen LogP contribution in [0.5, 0.6) is 0 Å². The zero-order chi connectivity index (χ0) is 29.7. The van der Waals surface area contributed by atoms with Crippen LogP contribution in [0, 0.1) is 0 Å². The quantitative estimate of drug-likeness (QED) is 0.122. The summed E-state index contributed by atoms with van der Waals surface area (Å²) >= 11 is 0. The number of hydrogen-bond donors (Lipinski definition) is 5. The van der Waals surface area contributed by atoms with E-state index in [-0.39, 0.29) is 49.7 Å². The Bertz CT molecular complexity index is 1110. The van der Waals surface area contributed by atoms with Crippen molar-refractivity contribution in [2.45, 2.75) is 95.5 Å². The lowest BCUT2D eigenvalue weighted by Crippen LogP contribution is -2.42. The molecule has 2 aromatic rings. The number of aliphatic hydroxyl groups excluding tert-OH is 2. The molecule has 0 saturated carbocycles. The van der Waals surface area contributed by atoms with Gasteiger partial charge in [0.15, 0.2) is 6.29 Å². The van der Waals surface area contributed by atoms with Gasteiger partial charge in [0, 0.05) is 44.0 Å². The largest absolute Gasteiger partial charge is 0.395 e. The highest BCUT2D eigenvalue weighted by Crippen LogP contribution is 2.38. The molecule has 2 fully saturated rings. The summed E-state index contributed by atoms with van der Waals surface area (Å²) in [6, 6.07) is 15.9. The molecule has 10 heteroatoms. The van der Waals surface area contributed by atoms with Gasteiger partial charge in [-0.25, -0.2) is 5.48 Å². The number of hydrogen-bond acceptors (Lipinski definition) is 8. The standard InChI is InChI=1S/C32H45N3O7/c36-21-24-11-13-25(14-12-24)29-18-28(20-35-17-5-6-27(35)22-37)41-32(42-29)26-15-9-23(10-16-26)19-33-30(38)7-3-1-2-4-8-31(39)34-40/h9-16,27-29,32,36-37,40H,1-8,17-22H2,(H,33,38)(H,34,39)/t27-,28+,29-,32-/m0/s1. The Morgan fingerprint density at radius 1 is 0.857 bits per heavy atom. The van der Waals surface area contributed by atoms with Gasteiger partial charge in [-0.15, -0.1) is 0 Å². The van der Waals surface area contributed by atoms with Gasteiger partial charge < -0.3 is 25.0 Å². The van der Waals surface area contributed by atoms with Gasteiger partial charge in [0.05, 0.1) is 25.4 Å².